The number of rotatable bonds is 7. The lowest BCUT2D eigenvalue weighted by Crippen LogP contribution is -2.31. The molecule has 152 valence electrons. The quantitative estimate of drug-likeness (QED) is 0.585. The van der Waals surface area contributed by atoms with Gasteiger partial charge in [-0.15, -0.1) is 0 Å². The van der Waals surface area contributed by atoms with Crippen molar-refractivity contribution in [2.75, 3.05) is 33.9 Å². The van der Waals surface area contributed by atoms with Crippen molar-refractivity contribution in [3.63, 3.8) is 0 Å². The Kier molecular flexibility index (Phi) is 7.39. The first-order valence-corrected chi connectivity index (χ1v) is 10.6. The van der Waals surface area contributed by atoms with Crippen LogP contribution in [0.3, 0.4) is 0 Å². The van der Waals surface area contributed by atoms with Crippen LogP contribution in [0.4, 0.5) is 0 Å². The monoisotopic (exact) mass is 401 g/mol. The predicted octanol–water partition coefficient (Wildman–Crippen LogP) is 5.80. The smallest absolute Gasteiger partial charge is 0.119 e. The minimum Gasteiger partial charge on any atom is -0.492 e. The summed E-state index contributed by atoms with van der Waals surface area (Å²) in [6.45, 7) is 6.95. The molecule has 1 aliphatic heterocycles. The zero-order valence-electron chi connectivity index (χ0n) is 17.4. The number of halogens is 1. The van der Waals surface area contributed by atoms with Gasteiger partial charge in [0.1, 0.15) is 12.4 Å². The Balaban J connectivity index is 1.67. The molecular formula is C24H32ClNO2. The van der Waals surface area contributed by atoms with Crippen molar-refractivity contribution in [3.05, 3.63) is 64.7 Å². The van der Waals surface area contributed by atoms with Gasteiger partial charge in [0.2, 0.25) is 0 Å². The van der Waals surface area contributed by atoms with Crippen molar-refractivity contribution in [2.24, 2.45) is 11.8 Å². The van der Waals surface area contributed by atoms with E-state index in [0.717, 1.165) is 30.3 Å². The second-order valence-corrected chi connectivity index (χ2v) is 8.80. The third-order valence-corrected chi connectivity index (χ3v) is 5.89. The number of ether oxygens (including phenoxy) is 2. The molecule has 3 nitrogen and oxygen atoms in total. The van der Waals surface area contributed by atoms with E-state index >= 15 is 0 Å². The molecule has 0 N–H and O–H groups in total. The van der Waals surface area contributed by atoms with Crippen LogP contribution in [0.5, 0.6) is 5.75 Å². The molecule has 4 heteroatoms. The maximum absolute atomic E-state index is 6.41. The third-order valence-electron chi connectivity index (χ3n) is 5.64. The number of nitrogens with zero attached hydrogens (tertiary/aromatic N) is 1. The molecule has 28 heavy (non-hydrogen) atoms. The molecule has 0 aromatic heterocycles. The van der Waals surface area contributed by atoms with Crippen molar-refractivity contribution in [3.8, 4) is 5.75 Å². The van der Waals surface area contributed by atoms with Gasteiger partial charge in [-0.05, 0) is 67.7 Å². The Labute approximate surface area is 174 Å². The molecule has 1 fully saturated rings. The molecule has 0 radical (unpaired) electrons. The Morgan fingerprint density at radius 3 is 2.29 bits per heavy atom. The molecule has 0 unspecified atom stereocenters. The molecule has 0 spiro atoms. The predicted molar refractivity (Wildman–Crippen MR) is 116 cm³/mol. The van der Waals surface area contributed by atoms with Crippen molar-refractivity contribution in [2.45, 2.75) is 32.3 Å². The van der Waals surface area contributed by atoms with E-state index in [9.17, 15) is 0 Å². The highest BCUT2D eigenvalue weighted by atomic mass is 35.5. The van der Waals surface area contributed by atoms with E-state index in [1.165, 1.54) is 11.1 Å². The normalized spacial score (nSPS) is 22.6. The maximum Gasteiger partial charge on any atom is 0.119 e. The van der Waals surface area contributed by atoms with E-state index in [4.69, 9.17) is 21.1 Å². The molecule has 0 amide bonds. The lowest BCUT2D eigenvalue weighted by molar-refractivity contribution is -0.0552. The van der Waals surface area contributed by atoms with Gasteiger partial charge in [-0.1, -0.05) is 49.7 Å². The minimum atomic E-state index is 0.138. The SMILES string of the molecule is CC(C)[C@@H]1C[C@H](c2ccc(Cl)cc2)CO[C@H]1c1ccc(OCCN(C)C)cc1. The second kappa shape index (κ2) is 9.78. The Morgan fingerprint density at radius 2 is 1.68 bits per heavy atom. The molecular weight excluding hydrogens is 370 g/mol. The average molecular weight is 402 g/mol. The fourth-order valence-electron chi connectivity index (χ4n) is 3.90. The van der Waals surface area contributed by atoms with Crippen molar-refractivity contribution in [1.29, 1.82) is 0 Å². The van der Waals surface area contributed by atoms with E-state index in [2.05, 4.69) is 69.2 Å². The summed E-state index contributed by atoms with van der Waals surface area (Å²) in [5.74, 6) is 2.38. The summed E-state index contributed by atoms with van der Waals surface area (Å²) < 4.78 is 12.2. The van der Waals surface area contributed by atoms with Gasteiger partial charge >= 0.3 is 0 Å². The highest BCUT2D eigenvalue weighted by Crippen LogP contribution is 2.43. The van der Waals surface area contributed by atoms with Gasteiger partial charge in [-0.3, -0.25) is 0 Å². The Morgan fingerprint density at radius 1 is 1.04 bits per heavy atom. The minimum absolute atomic E-state index is 0.138. The van der Waals surface area contributed by atoms with E-state index < -0.39 is 0 Å². The van der Waals surface area contributed by atoms with Gasteiger partial charge in [0.25, 0.3) is 0 Å². The van der Waals surface area contributed by atoms with Crippen LogP contribution in [0.15, 0.2) is 48.5 Å². The first-order chi connectivity index (χ1) is 13.4. The molecule has 0 bridgehead atoms. The summed E-state index contributed by atoms with van der Waals surface area (Å²) in [6, 6.07) is 16.7. The summed E-state index contributed by atoms with van der Waals surface area (Å²) in [6.07, 6.45) is 1.27. The number of hydrogen-bond acceptors (Lipinski definition) is 3. The van der Waals surface area contributed by atoms with Crippen molar-refractivity contribution in [1.82, 2.24) is 4.90 Å². The van der Waals surface area contributed by atoms with Gasteiger partial charge < -0.3 is 14.4 Å². The topological polar surface area (TPSA) is 21.7 Å². The summed E-state index contributed by atoms with van der Waals surface area (Å²) in [7, 11) is 4.10. The summed E-state index contributed by atoms with van der Waals surface area (Å²) in [5, 5.41) is 0.784. The van der Waals surface area contributed by atoms with Crippen LogP contribution in [0, 0.1) is 11.8 Å². The van der Waals surface area contributed by atoms with E-state index in [1.54, 1.807) is 0 Å². The average Bonchev–Trinajstić information content (AvgIpc) is 2.68. The van der Waals surface area contributed by atoms with Crippen molar-refractivity contribution < 1.29 is 9.47 Å². The molecule has 1 aliphatic rings. The van der Waals surface area contributed by atoms with Crippen LogP contribution in [0.1, 0.15) is 43.4 Å². The van der Waals surface area contributed by atoms with Crippen LogP contribution in [-0.2, 0) is 4.74 Å². The Hall–Kier alpha value is -1.55. The number of hydrogen-bond donors (Lipinski definition) is 0. The van der Waals surface area contributed by atoms with Gasteiger partial charge in [0.15, 0.2) is 0 Å². The van der Waals surface area contributed by atoms with Gasteiger partial charge in [-0.2, -0.15) is 0 Å². The van der Waals surface area contributed by atoms with Gasteiger partial charge in [0, 0.05) is 17.5 Å². The third kappa shape index (κ3) is 5.50. The van der Waals surface area contributed by atoms with Gasteiger partial charge in [-0.25, -0.2) is 0 Å². The molecule has 3 rings (SSSR count). The van der Waals surface area contributed by atoms with Crippen molar-refractivity contribution >= 4 is 11.6 Å². The van der Waals surface area contributed by atoms with E-state index in [0.29, 0.717) is 24.4 Å². The molecule has 1 heterocycles. The fourth-order valence-corrected chi connectivity index (χ4v) is 4.02. The van der Waals surface area contributed by atoms with Crippen LogP contribution in [-0.4, -0.2) is 38.8 Å². The number of likely N-dealkylation sites (N-methyl/N-ethyl adjacent to an activating group) is 1. The lowest BCUT2D eigenvalue weighted by Gasteiger charge is -2.39. The zero-order chi connectivity index (χ0) is 20.1. The molecule has 2 aromatic carbocycles. The van der Waals surface area contributed by atoms with Crippen LogP contribution < -0.4 is 4.74 Å². The highest BCUT2D eigenvalue weighted by molar-refractivity contribution is 6.30. The van der Waals surface area contributed by atoms with Crippen LogP contribution in [0.2, 0.25) is 5.02 Å². The molecule has 2 aromatic rings. The van der Waals surface area contributed by atoms with Gasteiger partial charge in [0.05, 0.1) is 12.7 Å². The first kappa shape index (κ1) is 21.2. The van der Waals surface area contributed by atoms with E-state index in [1.807, 2.05) is 12.1 Å². The summed E-state index contributed by atoms with van der Waals surface area (Å²) in [5.41, 5.74) is 2.56. The largest absolute Gasteiger partial charge is 0.492 e. The van der Waals surface area contributed by atoms with Crippen LogP contribution >= 0.6 is 11.6 Å². The molecule has 0 saturated carbocycles. The summed E-state index contributed by atoms with van der Waals surface area (Å²) in [4.78, 5) is 2.12. The Bertz CT molecular complexity index is 727. The lowest BCUT2D eigenvalue weighted by atomic mass is 9.76. The maximum atomic E-state index is 6.41. The zero-order valence-corrected chi connectivity index (χ0v) is 18.2. The summed E-state index contributed by atoms with van der Waals surface area (Å²) >= 11 is 6.05. The molecule has 3 atom stereocenters. The second-order valence-electron chi connectivity index (χ2n) is 8.37. The van der Waals surface area contributed by atoms with E-state index in [-0.39, 0.29) is 6.10 Å². The molecule has 0 aliphatic carbocycles. The fraction of sp³-hybridized carbons (Fsp3) is 0.500. The molecule has 1 saturated heterocycles. The highest BCUT2D eigenvalue weighted by Gasteiger charge is 2.34. The number of benzene rings is 2. The first-order valence-electron chi connectivity index (χ1n) is 10.2. The van der Waals surface area contributed by atoms with Crippen LogP contribution in [0.25, 0.3) is 0 Å². The standard InChI is InChI=1S/C24H32ClNO2/c1-17(2)23-15-20(18-5-9-21(25)10-6-18)16-28-24(23)19-7-11-22(12-8-19)27-14-13-26(3)4/h5-12,17,20,23-24H,13-16H2,1-4H3/t20-,23-,24-/m0/s1.